The van der Waals surface area contributed by atoms with Crippen LogP contribution < -0.4 is 10.6 Å². The van der Waals surface area contributed by atoms with Crippen LogP contribution in [0.4, 0.5) is 23.7 Å². The van der Waals surface area contributed by atoms with E-state index in [1.165, 1.54) is 0 Å². The molecular formula is C16H18F3N5O. The highest BCUT2D eigenvalue weighted by Crippen LogP contribution is 2.31. The third-order valence-corrected chi connectivity index (χ3v) is 4.34. The van der Waals surface area contributed by atoms with Gasteiger partial charge in [-0.05, 0) is 31.9 Å². The summed E-state index contributed by atoms with van der Waals surface area (Å²) in [7, 11) is 0. The zero-order valence-corrected chi connectivity index (χ0v) is 13.6. The van der Waals surface area contributed by atoms with Gasteiger partial charge in [-0.3, -0.25) is 0 Å². The third kappa shape index (κ3) is 3.59. The smallest absolute Gasteiger partial charge is 0.319 e. The first-order valence-corrected chi connectivity index (χ1v) is 8.07. The van der Waals surface area contributed by atoms with Crippen LogP contribution in [0.1, 0.15) is 50.5 Å². The molecule has 0 unspecified atom stereocenters. The van der Waals surface area contributed by atoms with Crippen LogP contribution in [0, 0.1) is 17.5 Å². The van der Waals surface area contributed by atoms with Gasteiger partial charge < -0.3 is 15.2 Å². The van der Waals surface area contributed by atoms with Gasteiger partial charge in [-0.25, -0.2) is 18.0 Å². The molecule has 0 spiro atoms. The summed E-state index contributed by atoms with van der Waals surface area (Å²) in [6.07, 6.45) is 5.98. The summed E-state index contributed by atoms with van der Waals surface area (Å²) in [6.45, 7) is 1.72. The molecular weight excluding hydrogens is 335 g/mol. The summed E-state index contributed by atoms with van der Waals surface area (Å²) in [4.78, 5) is 12.0. The highest BCUT2D eigenvalue weighted by molar-refractivity contribution is 5.89. The quantitative estimate of drug-likeness (QED) is 0.824. The first kappa shape index (κ1) is 17.2. The average molecular weight is 353 g/mol. The summed E-state index contributed by atoms with van der Waals surface area (Å²) >= 11 is 0. The molecule has 0 bridgehead atoms. The van der Waals surface area contributed by atoms with Crippen LogP contribution in [0.15, 0.2) is 18.5 Å². The summed E-state index contributed by atoms with van der Waals surface area (Å²) in [5.74, 6) is -3.81. The topological polar surface area (TPSA) is 71.8 Å². The summed E-state index contributed by atoms with van der Waals surface area (Å²) < 4.78 is 41.7. The van der Waals surface area contributed by atoms with E-state index in [1.807, 2.05) is 4.57 Å². The summed E-state index contributed by atoms with van der Waals surface area (Å²) in [5.41, 5.74) is -0.444. The van der Waals surface area contributed by atoms with Gasteiger partial charge in [0.15, 0.2) is 23.3 Å². The fourth-order valence-corrected chi connectivity index (χ4v) is 3.07. The molecule has 0 saturated heterocycles. The second-order valence-electron chi connectivity index (χ2n) is 6.08. The molecule has 1 aromatic heterocycles. The number of benzene rings is 1. The zero-order valence-electron chi connectivity index (χ0n) is 13.6. The number of amides is 2. The van der Waals surface area contributed by atoms with E-state index < -0.39 is 35.2 Å². The number of anilines is 1. The largest absolute Gasteiger partial charge is 0.328 e. The number of aromatic nitrogens is 3. The normalized spacial score (nSPS) is 16.0. The fourth-order valence-electron chi connectivity index (χ4n) is 3.07. The van der Waals surface area contributed by atoms with Crippen LogP contribution in [0.2, 0.25) is 0 Å². The molecule has 2 N–H and O–H groups in total. The van der Waals surface area contributed by atoms with E-state index in [0.29, 0.717) is 11.9 Å². The second kappa shape index (κ2) is 7.12. The molecule has 9 heteroatoms. The maximum absolute atomic E-state index is 13.6. The lowest BCUT2D eigenvalue weighted by Gasteiger charge is -2.19. The highest BCUT2D eigenvalue weighted by Gasteiger charge is 2.24. The van der Waals surface area contributed by atoms with Crippen molar-refractivity contribution in [2.75, 3.05) is 5.32 Å². The molecule has 0 aliphatic heterocycles. The molecule has 134 valence electrons. The van der Waals surface area contributed by atoms with Crippen molar-refractivity contribution >= 4 is 11.7 Å². The predicted molar refractivity (Wildman–Crippen MR) is 84.4 cm³/mol. The Morgan fingerprint density at radius 3 is 2.68 bits per heavy atom. The molecule has 2 amide bonds. The number of carbonyl (C=O) groups is 1. The summed E-state index contributed by atoms with van der Waals surface area (Å²) in [6, 6.07) is 0.767. The van der Waals surface area contributed by atoms with Crippen molar-refractivity contribution in [3.8, 4) is 0 Å². The number of halogens is 3. The van der Waals surface area contributed by atoms with Crippen LogP contribution >= 0.6 is 0 Å². The Hall–Kier alpha value is -2.58. The molecule has 2 aromatic rings. The van der Waals surface area contributed by atoms with Gasteiger partial charge >= 0.3 is 6.03 Å². The van der Waals surface area contributed by atoms with Crippen LogP contribution in [-0.2, 0) is 0 Å². The average Bonchev–Trinajstić information content (AvgIpc) is 3.25. The Morgan fingerprint density at radius 1 is 1.24 bits per heavy atom. The van der Waals surface area contributed by atoms with Crippen molar-refractivity contribution in [3.05, 3.63) is 41.7 Å². The van der Waals surface area contributed by atoms with Crippen LogP contribution in [0.25, 0.3) is 0 Å². The highest BCUT2D eigenvalue weighted by atomic mass is 19.2. The molecule has 1 heterocycles. The van der Waals surface area contributed by atoms with E-state index in [9.17, 15) is 18.0 Å². The molecule has 6 nitrogen and oxygen atoms in total. The SMILES string of the molecule is C[C@@H](NC(=O)Nc1ccc(F)c(F)c1F)c1nncn1C1CCCC1. The van der Waals surface area contributed by atoms with E-state index >= 15 is 0 Å². The number of urea groups is 1. The standard InChI is InChI=1S/C16H18F3N5O/c1-9(15-23-20-8-24(15)10-4-2-3-5-10)21-16(25)22-12-7-6-11(17)13(18)14(12)19/h6-10H,2-5H2,1H3,(H2,21,22,25)/t9-/m1/s1. The van der Waals surface area contributed by atoms with Gasteiger partial charge in [0.1, 0.15) is 6.33 Å². The number of hydrogen-bond acceptors (Lipinski definition) is 3. The van der Waals surface area contributed by atoms with Gasteiger partial charge in [0, 0.05) is 6.04 Å². The lowest BCUT2D eigenvalue weighted by atomic mass is 10.2. The van der Waals surface area contributed by atoms with Crippen molar-refractivity contribution in [1.82, 2.24) is 20.1 Å². The number of nitrogens with one attached hydrogen (secondary N) is 2. The van der Waals surface area contributed by atoms with E-state index in [1.54, 1.807) is 13.3 Å². The number of nitrogens with zero attached hydrogens (tertiary/aromatic N) is 3. The third-order valence-electron chi connectivity index (χ3n) is 4.34. The van der Waals surface area contributed by atoms with Gasteiger partial charge in [-0.2, -0.15) is 0 Å². The Bertz CT molecular complexity index is 773. The maximum atomic E-state index is 13.6. The van der Waals surface area contributed by atoms with Gasteiger partial charge in [0.05, 0.1) is 11.7 Å². The lowest BCUT2D eigenvalue weighted by molar-refractivity contribution is 0.248. The molecule has 1 aliphatic rings. The van der Waals surface area contributed by atoms with Crippen molar-refractivity contribution in [3.63, 3.8) is 0 Å². The van der Waals surface area contributed by atoms with Crippen molar-refractivity contribution in [1.29, 1.82) is 0 Å². The number of rotatable bonds is 4. The maximum Gasteiger partial charge on any atom is 0.319 e. The van der Waals surface area contributed by atoms with Crippen LogP contribution in [-0.4, -0.2) is 20.8 Å². The van der Waals surface area contributed by atoms with E-state index in [4.69, 9.17) is 0 Å². The Balaban J connectivity index is 1.67. The lowest BCUT2D eigenvalue weighted by Crippen LogP contribution is -2.33. The van der Waals surface area contributed by atoms with Crippen molar-refractivity contribution in [2.24, 2.45) is 0 Å². The minimum atomic E-state index is -1.63. The predicted octanol–water partition coefficient (Wildman–Crippen LogP) is 3.69. The molecule has 1 aliphatic carbocycles. The van der Waals surface area contributed by atoms with Gasteiger partial charge in [-0.15, -0.1) is 10.2 Å². The van der Waals surface area contributed by atoms with Crippen molar-refractivity contribution in [2.45, 2.75) is 44.7 Å². The molecule has 3 rings (SSSR count). The summed E-state index contributed by atoms with van der Waals surface area (Å²) in [5, 5.41) is 12.7. The molecule has 1 atom stereocenters. The first-order chi connectivity index (χ1) is 12.0. The second-order valence-corrected chi connectivity index (χ2v) is 6.08. The minimum absolute atomic E-state index is 0.306. The molecule has 1 saturated carbocycles. The number of hydrogen-bond donors (Lipinski definition) is 2. The van der Waals surface area contributed by atoms with E-state index in [2.05, 4.69) is 20.8 Å². The van der Waals surface area contributed by atoms with Crippen molar-refractivity contribution < 1.29 is 18.0 Å². The zero-order chi connectivity index (χ0) is 18.0. The Morgan fingerprint density at radius 2 is 1.96 bits per heavy atom. The van der Waals surface area contributed by atoms with E-state index in [0.717, 1.165) is 37.8 Å². The number of carbonyl (C=O) groups excluding carboxylic acids is 1. The van der Waals surface area contributed by atoms with Gasteiger partial charge in [0.25, 0.3) is 0 Å². The molecule has 0 radical (unpaired) electrons. The monoisotopic (exact) mass is 353 g/mol. The first-order valence-electron chi connectivity index (χ1n) is 8.07. The van der Waals surface area contributed by atoms with Gasteiger partial charge in [0.2, 0.25) is 0 Å². The minimum Gasteiger partial charge on any atom is -0.328 e. The van der Waals surface area contributed by atoms with E-state index in [-0.39, 0.29) is 0 Å². The molecule has 1 fully saturated rings. The molecule has 1 aromatic carbocycles. The van der Waals surface area contributed by atoms with Crippen LogP contribution in [0.5, 0.6) is 0 Å². The fraction of sp³-hybridized carbons (Fsp3) is 0.438. The van der Waals surface area contributed by atoms with Gasteiger partial charge in [-0.1, -0.05) is 12.8 Å². The Kier molecular flexibility index (Phi) is 4.91. The molecule has 25 heavy (non-hydrogen) atoms. The van der Waals surface area contributed by atoms with Crippen LogP contribution in [0.3, 0.4) is 0 Å². The Labute approximate surface area is 142 Å².